The number of allylic oxidation sites excluding steroid dienone is 1. The molecule has 7 nitrogen and oxygen atoms in total. The number of non-ortho nitro benzene ring substituents is 1. The molecule has 2 rings (SSSR count). The van der Waals surface area contributed by atoms with Crippen LogP contribution in [0.2, 0.25) is 0 Å². The van der Waals surface area contributed by atoms with E-state index >= 15 is 0 Å². The summed E-state index contributed by atoms with van der Waals surface area (Å²) in [7, 11) is 0. The maximum Gasteiger partial charge on any atom is 0.346 e. The minimum absolute atomic E-state index is 0.101. The van der Waals surface area contributed by atoms with Gasteiger partial charge in [-0.05, 0) is 11.6 Å². The van der Waals surface area contributed by atoms with Crippen LogP contribution in [0.1, 0.15) is 5.56 Å². The predicted octanol–water partition coefficient (Wildman–Crippen LogP) is 1.55. The Labute approximate surface area is 112 Å². The van der Waals surface area contributed by atoms with Crippen molar-refractivity contribution in [1.82, 2.24) is 0 Å². The molecule has 0 bridgehead atoms. The molecule has 1 aliphatic rings. The molecule has 7 heteroatoms. The van der Waals surface area contributed by atoms with Crippen LogP contribution in [0.25, 0.3) is 6.08 Å². The van der Waals surface area contributed by atoms with Crippen molar-refractivity contribution in [1.29, 1.82) is 0 Å². The lowest BCUT2D eigenvalue weighted by Crippen LogP contribution is -2.04. The van der Waals surface area contributed by atoms with Crippen molar-refractivity contribution in [2.24, 2.45) is 0 Å². The van der Waals surface area contributed by atoms with Crippen molar-refractivity contribution in [3.05, 3.63) is 57.4 Å². The van der Waals surface area contributed by atoms with E-state index in [1.54, 1.807) is 6.07 Å². The van der Waals surface area contributed by atoms with Crippen molar-refractivity contribution >= 4 is 23.5 Å². The average molecular weight is 275 g/mol. The number of benzene rings is 1. The Hall–Kier alpha value is -2.96. The Morgan fingerprint density at radius 1 is 1.40 bits per heavy atom. The van der Waals surface area contributed by atoms with E-state index < -0.39 is 28.0 Å². The van der Waals surface area contributed by atoms with Crippen LogP contribution in [-0.4, -0.2) is 28.4 Å². The van der Waals surface area contributed by atoms with Crippen molar-refractivity contribution in [3.63, 3.8) is 0 Å². The van der Waals surface area contributed by atoms with Crippen LogP contribution in [0, 0.1) is 10.1 Å². The maximum absolute atomic E-state index is 11.3. The third kappa shape index (κ3) is 2.72. The van der Waals surface area contributed by atoms with Gasteiger partial charge in [-0.2, -0.15) is 0 Å². The molecule has 1 saturated heterocycles. The quantitative estimate of drug-likeness (QED) is 0.224. The summed E-state index contributed by atoms with van der Waals surface area (Å²) >= 11 is 0. The third-order valence-corrected chi connectivity index (χ3v) is 2.59. The Morgan fingerprint density at radius 2 is 2.15 bits per heavy atom. The number of hydrogen-bond donors (Lipinski definition) is 1. The summed E-state index contributed by atoms with van der Waals surface area (Å²) in [5.41, 5.74) is -0.0625. The predicted molar refractivity (Wildman–Crippen MR) is 67.8 cm³/mol. The highest BCUT2D eigenvalue weighted by atomic mass is 16.6. The number of nitrogens with zero attached hydrogens (tertiary/aromatic N) is 1. The number of nitro groups is 1. The van der Waals surface area contributed by atoms with E-state index in [-0.39, 0.29) is 12.3 Å². The molecular formula is C13H9NO6. The lowest BCUT2D eigenvalue weighted by atomic mass is 10.1. The van der Waals surface area contributed by atoms with E-state index in [0.717, 1.165) is 6.08 Å². The Balaban J connectivity index is 2.27. The van der Waals surface area contributed by atoms with Gasteiger partial charge in [0.1, 0.15) is 11.3 Å². The van der Waals surface area contributed by atoms with Gasteiger partial charge in [0.15, 0.2) is 6.61 Å². The molecule has 1 N–H and O–H groups in total. The molecule has 0 aromatic heterocycles. The number of aliphatic hydroxyl groups is 1. The van der Waals surface area contributed by atoms with E-state index in [0.29, 0.717) is 5.56 Å². The van der Waals surface area contributed by atoms with Gasteiger partial charge in [-0.15, -0.1) is 0 Å². The third-order valence-electron chi connectivity index (χ3n) is 2.59. The molecule has 1 fully saturated rings. The van der Waals surface area contributed by atoms with Gasteiger partial charge in [-0.1, -0.05) is 18.2 Å². The van der Waals surface area contributed by atoms with E-state index in [1.165, 1.54) is 24.3 Å². The molecule has 20 heavy (non-hydrogen) atoms. The first-order chi connectivity index (χ1) is 9.49. The van der Waals surface area contributed by atoms with Crippen molar-refractivity contribution in [2.75, 3.05) is 6.61 Å². The molecule has 1 aromatic rings. The number of ketones is 1. The van der Waals surface area contributed by atoms with Crippen LogP contribution >= 0.6 is 0 Å². The number of cyclic esters (lactones) is 1. The van der Waals surface area contributed by atoms with Gasteiger partial charge in [-0.25, -0.2) is 4.79 Å². The first-order valence-corrected chi connectivity index (χ1v) is 5.55. The number of Topliss-reactive ketones (excluding diaryl/α,β-unsaturated/α-hetero) is 1. The maximum atomic E-state index is 11.3. The summed E-state index contributed by atoms with van der Waals surface area (Å²) in [6.07, 6.45) is 2.48. The summed E-state index contributed by atoms with van der Waals surface area (Å²) in [6.45, 7) is -0.386. The molecule has 0 aliphatic carbocycles. The fourth-order valence-electron chi connectivity index (χ4n) is 1.64. The van der Waals surface area contributed by atoms with E-state index in [4.69, 9.17) is 0 Å². The van der Waals surface area contributed by atoms with E-state index in [9.17, 15) is 24.8 Å². The molecule has 1 aliphatic heterocycles. The van der Waals surface area contributed by atoms with Crippen LogP contribution in [0.5, 0.6) is 0 Å². The number of ether oxygens (including phenoxy) is 1. The Kier molecular flexibility index (Phi) is 3.60. The van der Waals surface area contributed by atoms with Crippen LogP contribution < -0.4 is 0 Å². The molecular weight excluding hydrogens is 266 g/mol. The summed E-state index contributed by atoms with van der Waals surface area (Å²) in [5.74, 6) is -2.00. The summed E-state index contributed by atoms with van der Waals surface area (Å²) < 4.78 is 4.47. The van der Waals surface area contributed by atoms with Crippen LogP contribution in [0.3, 0.4) is 0 Å². The second-order valence-electron chi connectivity index (χ2n) is 3.94. The monoisotopic (exact) mass is 275 g/mol. The Morgan fingerprint density at radius 3 is 2.75 bits per heavy atom. The second kappa shape index (κ2) is 5.35. The molecule has 102 valence electrons. The molecule has 0 atom stereocenters. The normalized spacial score (nSPS) is 17.4. The van der Waals surface area contributed by atoms with E-state index in [2.05, 4.69) is 4.74 Å². The first kappa shape index (κ1) is 13.5. The molecule has 1 aromatic carbocycles. The number of hydrogen-bond acceptors (Lipinski definition) is 6. The van der Waals surface area contributed by atoms with Gasteiger partial charge in [0.25, 0.3) is 5.69 Å². The van der Waals surface area contributed by atoms with Crippen LogP contribution in [-0.2, 0) is 14.3 Å². The summed E-state index contributed by atoms with van der Waals surface area (Å²) in [6, 6.07) is 5.68. The zero-order chi connectivity index (χ0) is 14.7. The smallest absolute Gasteiger partial charge is 0.346 e. The fraction of sp³-hybridized carbons (Fsp3) is 0.0769. The SMILES string of the molecule is O=C1COC(=O)/C1=C(O)\C=C\c1cccc([N+](=O)[O-])c1. The van der Waals surface area contributed by atoms with Gasteiger partial charge < -0.3 is 9.84 Å². The summed E-state index contributed by atoms with van der Waals surface area (Å²) in [5, 5.41) is 20.3. The van der Waals surface area contributed by atoms with Gasteiger partial charge in [-0.3, -0.25) is 14.9 Å². The largest absolute Gasteiger partial charge is 0.507 e. The van der Waals surface area contributed by atoms with Crippen LogP contribution in [0.4, 0.5) is 5.69 Å². The van der Waals surface area contributed by atoms with Crippen LogP contribution in [0.15, 0.2) is 41.7 Å². The highest BCUT2D eigenvalue weighted by Gasteiger charge is 2.31. The van der Waals surface area contributed by atoms with Crippen molar-refractivity contribution < 1.29 is 24.4 Å². The van der Waals surface area contributed by atoms with Gasteiger partial charge in [0.05, 0.1) is 4.92 Å². The van der Waals surface area contributed by atoms with Gasteiger partial charge in [0, 0.05) is 12.1 Å². The number of rotatable bonds is 3. The number of esters is 1. The lowest BCUT2D eigenvalue weighted by molar-refractivity contribution is -0.384. The van der Waals surface area contributed by atoms with E-state index in [1.807, 2.05) is 0 Å². The average Bonchev–Trinajstić information content (AvgIpc) is 2.76. The second-order valence-corrected chi connectivity index (χ2v) is 3.94. The molecule has 0 amide bonds. The summed E-state index contributed by atoms with van der Waals surface area (Å²) in [4.78, 5) is 32.5. The lowest BCUT2D eigenvalue weighted by Gasteiger charge is -1.96. The number of carbonyl (C=O) groups is 2. The minimum Gasteiger partial charge on any atom is -0.507 e. The molecule has 1 heterocycles. The van der Waals surface area contributed by atoms with Gasteiger partial charge >= 0.3 is 5.97 Å². The highest BCUT2D eigenvalue weighted by Crippen LogP contribution is 2.17. The fourth-order valence-corrected chi connectivity index (χ4v) is 1.64. The Bertz CT molecular complexity index is 641. The number of aliphatic hydroxyl groups excluding tert-OH is 1. The molecule has 0 saturated carbocycles. The molecule has 0 radical (unpaired) electrons. The first-order valence-electron chi connectivity index (χ1n) is 5.55. The van der Waals surface area contributed by atoms with Crippen molar-refractivity contribution in [3.8, 4) is 0 Å². The zero-order valence-corrected chi connectivity index (χ0v) is 10.1. The standard InChI is InChI=1S/C13H9NO6/c15-10(12-11(16)7-20-13(12)17)5-4-8-2-1-3-9(6-8)14(18)19/h1-6,15H,7H2/b5-4+,12-10+. The number of nitro benzene ring substituents is 1. The minimum atomic E-state index is -0.879. The molecule has 0 unspecified atom stereocenters. The van der Waals surface area contributed by atoms with Crippen molar-refractivity contribution in [2.45, 2.75) is 0 Å². The topological polar surface area (TPSA) is 107 Å². The molecule has 0 spiro atoms. The number of carbonyl (C=O) groups excluding carboxylic acids is 2. The van der Waals surface area contributed by atoms with Gasteiger partial charge in [0.2, 0.25) is 5.78 Å². The highest BCUT2D eigenvalue weighted by molar-refractivity contribution is 6.22. The zero-order valence-electron chi connectivity index (χ0n) is 10.1.